The molecular formula is C16H25N3O5. The second kappa shape index (κ2) is 9.53. The van der Waals surface area contributed by atoms with Crippen LogP contribution in [0.15, 0.2) is 18.2 Å². The van der Waals surface area contributed by atoms with Gasteiger partial charge < -0.3 is 19.9 Å². The van der Waals surface area contributed by atoms with E-state index in [-0.39, 0.29) is 5.69 Å². The van der Waals surface area contributed by atoms with Crippen LogP contribution in [-0.4, -0.2) is 60.9 Å². The molecular weight excluding hydrogens is 314 g/mol. The van der Waals surface area contributed by atoms with Crippen LogP contribution in [0.4, 0.5) is 11.4 Å². The highest BCUT2D eigenvalue weighted by molar-refractivity contribution is 5.62. The van der Waals surface area contributed by atoms with Crippen LogP contribution in [0.3, 0.4) is 0 Å². The number of nitrogens with zero attached hydrogens (tertiary/aromatic N) is 2. The molecule has 2 N–H and O–H groups in total. The van der Waals surface area contributed by atoms with Gasteiger partial charge in [-0.25, -0.2) is 0 Å². The first kappa shape index (κ1) is 18.6. The minimum atomic E-state index is -1.15. The van der Waals surface area contributed by atoms with Gasteiger partial charge in [0.05, 0.1) is 18.1 Å². The van der Waals surface area contributed by atoms with Crippen LogP contribution in [0.2, 0.25) is 0 Å². The van der Waals surface area contributed by atoms with Crippen molar-refractivity contribution in [3.05, 3.63) is 33.9 Å². The number of anilines is 1. The SMILES string of the molecule is CCOC(O)c1ccc(NCCCN2CCOCC2)c([N+](=O)[O-])c1. The predicted octanol–water partition coefficient (Wildman–Crippen LogP) is 1.76. The fourth-order valence-corrected chi connectivity index (χ4v) is 2.61. The normalized spacial score (nSPS) is 16.8. The highest BCUT2D eigenvalue weighted by Gasteiger charge is 2.18. The van der Waals surface area contributed by atoms with E-state index in [0.29, 0.717) is 24.4 Å². The summed E-state index contributed by atoms with van der Waals surface area (Å²) in [4.78, 5) is 13.1. The van der Waals surface area contributed by atoms with E-state index in [1.54, 1.807) is 19.1 Å². The van der Waals surface area contributed by atoms with Crippen molar-refractivity contribution in [1.82, 2.24) is 4.90 Å². The molecule has 0 spiro atoms. The summed E-state index contributed by atoms with van der Waals surface area (Å²) < 4.78 is 10.4. The molecule has 1 heterocycles. The largest absolute Gasteiger partial charge is 0.379 e. The standard InChI is InChI=1S/C16H25N3O5/c1-2-24-16(20)13-4-5-14(15(12-13)19(21)22)17-6-3-7-18-8-10-23-11-9-18/h4-5,12,16-17,20H,2-3,6-11H2,1H3. The van der Waals surface area contributed by atoms with Crippen molar-refractivity contribution in [3.8, 4) is 0 Å². The number of morpholine rings is 1. The number of ether oxygens (including phenoxy) is 2. The second-order valence-corrected chi connectivity index (χ2v) is 5.58. The average molecular weight is 339 g/mol. The zero-order valence-corrected chi connectivity index (χ0v) is 13.9. The Morgan fingerprint density at radius 1 is 1.46 bits per heavy atom. The molecule has 0 radical (unpaired) electrons. The van der Waals surface area contributed by atoms with Gasteiger partial charge in [-0.2, -0.15) is 0 Å². The van der Waals surface area contributed by atoms with E-state index in [9.17, 15) is 15.2 Å². The lowest BCUT2D eigenvalue weighted by Gasteiger charge is -2.26. The number of nitro benzene ring substituents is 1. The number of aliphatic hydroxyl groups excluding tert-OH is 1. The number of hydrogen-bond donors (Lipinski definition) is 2. The number of benzene rings is 1. The maximum atomic E-state index is 11.3. The minimum Gasteiger partial charge on any atom is -0.379 e. The molecule has 0 aliphatic carbocycles. The van der Waals surface area contributed by atoms with Gasteiger partial charge in [0.15, 0.2) is 6.29 Å². The van der Waals surface area contributed by atoms with Gasteiger partial charge in [0.1, 0.15) is 5.69 Å². The number of rotatable bonds is 9. The maximum Gasteiger partial charge on any atom is 0.292 e. The Bertz CT molecular complexity index is 534. The lowest BCUT2D eigenvalue weighted by Crippen LogP contribution is -2.37. The lowest BCUT2D eigenvalue weighted by atomic mass is 10.1. The van der Waals surface area contributed by atoms with Crippen molar-refractivity contribution in [2.45, 2.75) is 19.6 Å². The molecule has 8 heteroatoms. The van der Waals surface area contributed by atoms with Crippen molar-refractivity contribution in [1.29, 1.82) is 0 Å². The van der Waals surface area contributed by atoms with Crippen molar-refractivity contribution in [3.63, 3.8) is 0 Å². The predicted molar refractivity (Wildman–Crippen MR) is 90.0 cm³/mol. The van der Waals surface area contributed by atoms with Crippen LogP contribution in [-0.2, 0) is 9.47 Å². The molecule has 0 aromatic heterocycles. The molecule has 0 saturated carbocycles. The molecule has 8 nitrogen and oxygen atoms in total. The van der Waals surface area contributed by atoms with Gasteiger partial charge >= 0.3 is 0 Å². The van der Waals surface area contributed by atoms with E-state index in [2.05, 4.69) is 10.2 Å². The lowest BCUT2D eigenvalue weighted by molar-refractivity contribution is -0.384. The quantitative estimate of drug-likeness (QED) is 0.306. The first-order chi connectivity index (χ1) is 11.6. The third-order valence-corrected chi connectivity index (χ3v) is 3.90. The minimum absolute atomic E-state index is 0.0578. The third kappa shape index (κ3) is 5.41. The van der Waals surface area contributed by atoms with Gasteiger partial charge in [-0.3, -0.25) is 15.0 Å². The van der Waals surface area contributed by atoms with Crippen molar-refractivity contribution in [2.75, 3.05) is 51.3 Å². The van der Waals surface area contributed by atoms with Crippen LogP contribution in [0.1, 0.15) is 25.2 Å². The van der Waals surface area contributed by atoms with Gasteiger partial charge in [-0.05, 0) is 26.0 Å². The second-order valence-electron chi connectivity index (χ2n) is 5.58. The molecule has 1 aromatic carbocycles. The molecule has 134 valence electrons. The average Bonchev–Trinajstić information content (AvgIpc) is 2.59. The summed E-state index contributed by atoms with van der Waals surface area (Å²) in [5, 5.41) is 24.2. The summed E-state index contributed by atoms with van der Waals surface area (Å²) in [7, 11) is 0. The number of nitro groups is 1. The number of aliphatic hydroxyl groups is 1. The summed E-state index contributed by atoms with van der Waals surface area (Å²) in [6.45, 7) is 7.06. The molecule has 24 heavy (non-hydrogen) atoms. The van der Waals surface area contributed by atoms with Gasteiger partial charge in [0.25, 0.3) is 5.69 Å². The van der Waals surface area contributed by atoms with Crippen molar-refractivity contribution < 1.29 is 19.5 Å². The Morgan fingerprint density at radius 2 is 2.21 bits per heavy atom. The molecule has 0 amide bonds. The third-order valence-electron chi connectivity index (χ3n) is 3.90. The van der Waals surface area contributed by atoms with Crippen LogP contribution >= 0.6 is 0 Å². The van der Waals surface area contributed by atoms with E-state index in [4.69, 9.17) is 9.47 Å². The van der Waals surface area contributed by atoms with Crippen molar-refractivity contribution in [2.24, 2.45) is 0 Å². The number of nitrogens with one attached hydrogen (secondary N) is 1. The molecule has 1 unspecified atom stereocenters. The number of hydrogen-bond acceptors (Lipinski definition) is 7. The molecule has 1 aliphatic heterocycles. The summed E-state index contributed by atoms with van der Waals surface area (Å²) >= 11 is 0. The molecule has 1 fully saturated rings. The van der Waals surface area contributed by atoms with Crippen LogP contribution in [0, 0.1) is 10.1 Å². The summed E-state index contributed by atoms with van der Waals surface area (Å²) in [6.07, 6.45) is -0.260. The van der Waals surface area contributed by atoms with E-state index in [0.717, 1.165) is 39.3 Å². The Hall–Kier alpha value is -1.74. The summed E-state index contributed by atoms with van der Waals surface area (Å²) in [6, 6.07) is 4.60. The van der Waals surface area contributed by atoms with Gasteiger partial charge in [-0.1, -0.05) is 6.07 Å². The van der Waals surface area contributed by atoms with Gasteiger partial charge in [-0.15, -0.1) is 0 Å². The van der Waals surface area contributed by atoms with Crippen molar-refractivity contribution >= 4 is 11.4 Å². The van der Waals surface area contributed by atoms with Crippen LogP contribution < -0.4 is 5.32 Å². The Kier molecular flexibility index (Phi) is 7.38. The van der Waals surface area contributed by atoms with E-state index >= 15 is 0 Å². The summed E-state index contributed by atoms with van der Waals surface area (Å²) in [5.74, 6) is 0. The zero-order chi connectivity index (χ0) is 17.4. The first-order valence-corrected chi connectivity index (χ1v) is 8.23. The monoisotopic (exact) mass is 339 g/mol. The first-order valence-electron chi connectivity index (χ1n) is 8.23. The van der Waals surface area contributed by atoms with Gasteiger partial charge in [0, 0.05) is 37.9 Å². The molecule has 0 bridgehead atoms. The maximum absolute atomic E-state index is 11.3. The van der Waals surface area contributed by atoms with Gasteiger partial charge in [0.2, 0.25) is 0 Å². The molecule has 1 aliphatic rings. The zero-order valence-electron chi connectivity index (χ0n) is 13.9. The Labute approximate surface area is 141 Å². The fraction of sp³-hybridized carbons (Fsp3) is 0.625. The highest BCUT2D eigenvalue weighted by atomic mass is 16.6. The van der Waals surface area contributed by atoms with Crippen LogP contribution in [0.25, 0.3) is 0 Å². The van der Waals surface area contributed by atoms with E-state index < -0.39 is 11.2 Å². The Morgan fingerprint density at radius 3 is 2.88 bits per heavy atom. The topological polar surface area (TPSA) is 97.1 Å². The van der Waals surface area contributed by atoms with E-state index in [1.165, 1.54) is 6.07 Å². The van der Waals surface area contributed by atoms with Crippen LogP contribution in [0.5, 0.6) is 0 Å². The van der Waals surface area contributed by atoms with E-state index in [1.807, 2.05) is 0 Å². The fourth-order valence-electron chi connectivity index (χ4n) is 2.61. The summed E-state index contributed by atoms with van der Waals surface area (Å²) in [5.41, 5.74) is 0.773. The molecule has 1 aromatic rings. The molecule has 2 rings (SSSR count). The molecule has 1 atom stereocenters. The highest BCUT2D eigenvalue weighted by Crippen LogP contribution is 2.28. The molecule has 1 saturated heterocycles. The smallest absolute Gasteiger partial charge is 0.292 e. The Balaban J connectivity index is 1.90.